The normalized spacial score (nSPS) is 13.1. The van der Waals surface area contributed by atoms with Gasteiger partial charge >= 0.3 is 6.03 Å². The molecule has 2 aromatic rings. The standard InChI is InChI=1S/C23H31N5O5S/c1-5-16(3)20(25-23(24)31)22(30)27-26-21(29)18-10-8-17(9-11-18)14-28(4)34(32,33)19-12-6-15(2)7-13-19/h6-13,16,20H,5,14H2,1-4H3,(H,26,29)(H,27,30)(H3,24,25,31). The van der Waals surface area contributed by atoms with E-state index in [9.17, 15) is 22.8 Å². The molecule has 2 rings (SSSR count). The van der Waals surface area contributed by atoms with E-state index in [2.05, 4.69) is 16.2 Å². The van der Waals surface area contributed by atoms with Crippen molar-refractivity contribution in [2.24, 2.45) is 11.7 Å². The minimum absolute atomic E-state index is 0.115. The summed E-state index contributed by atoms with van der Waals surface area (Å²) in [4.78, 5) is 36.1. The minimum Gasteiger partial charge on any atom is -0.352 e. The minimum atomic E-state index is -3.66. The van der Waals surface area contributed by atoms with Crippen LogP contribution in [0.15, 0.2) is 53.4 Å². The van der Waals surface area contributed by atoms with Crippen LogP contribution in [0.1, 0.15) is 41.8 Å². The van der Waals surface area contributed by atoms with Gasteiger partial charge in [-0.15, -0.1) is 0 Å². The molecule has 0 heterocycles. The highest BCUT2D eigenvalue weighted by Crippen LogP contribution is 2.17. The van der Waals surface area contributed by atoms with Crippen LogP contribution in [0.4, 0.5) is 4.79 Å². The summed E-state index contributed by atoms with van der Waals surface area (Å²) in [5, 5.41) is 2.37. The van der Waals surface area contributed by atoms with Crippen molar-refractivity contribution in [3.63, 3.8) is 0 Å². The molecule has 5 N–H and O–H groups in total. The van der Waals surface area contributed by atoms with E-state index in [1.54, 1.807) is 43.3 Å². The van der Waals surface area contributed by atoms with Crippen LogP contribution < -0.4 is 21.9 Å². The molecule has 10 nitrogen and oxygen atoms in total. The van der Waals surface area contributed by atoms with Gasteiger partial charge in [0.25, 0.3) is 11.8 Å². The fourth-order valence-corrected chi connectivity index (χ4v) is 4.28. The Hall–Kier alpha value is -3.44. The maximum atomic E-state index is 12.8. The van der Waals surface area contributed by atoms with Gasteiger partial charge in [-0.05, 0) is 42.7 Å². The molecule has 0 aliphatic rings. The second-order valence-electron chi connectivity index (χ2n) is 8.09. The number of hydrogen-bond acceptors (Lipinski definition) is 5. The van der Waals surface area contributed by atoms with Gasteiger partial charge in [0, 0.05) is 19.2 Å². The molecule has 11 heteroatoms. The predicted octanol–water partition coefficient (Wildman–Crippen LogP) is 1.66. The Morgan fingerprint density at radius 1 is 1.00 bits per heavy atom. The van der Waals surface area contributed by atoms with Crippen molar-refractivity contribution >= 4 is 27.9 Å². The van der Waals surface area contributed by atoms with Gasteiger partial charge in [0.05, 0.1) is 4.90 Å². The lowest BCUT2D eigenvalue weighted by Crippen LogP contribution is -2.55. The first-order valence-corrected chi connectivity index (χ1v) is 12.2. The lowest BCUT2D eigenvalue weighted by Gasteiger charge is -2.22. The Balaban J connectivity index is 1.99. The van der Waals surface area contributed by atoms with Crippen LogP contribution in [0.2, 0.25) is 0 Å². The first kappa shape index (κ1) is 26.8. The smallest absolute Gasteiger partial charge is 0.312 e. The molecular formula is C23H31N5O5S. The van der Waals surface area contributed by atoms with Crippen LogP contribution in [0, 0.1) is 12.8 Å². The monoisotopic (exact) mass is 489 g/mol. The highest BCUT2D eigenvalue weighted by atomic mass is 32.2. The average Bonchev–Trinajstić information content (AvgIpc) is 2.80. The van der Waals surface area contributed by atoms with Crippen molar-refractivity contribution in [1.29, 1.82) is 0 Å². The Labute approximate surface area is 199 Å². The number of hydrogen-bond donors (Lipinski definition) is 4. The van der Waals surface area contributed by atoms with Crippen molar-refractivity contribution in [1.82, 2.24) is 20.5 Å². The SMILES string of the molecule is CCC(C)C(NC(N)=O)C(=O)NNC(=O)c1ccc(CN(C)S(=O)(=O)c2ccc(C)cc2)cc1. The Kier molecular flexibility index (Phi) is 9.16. The third kappa shape index (κ3) is 7.03. The Bertz CT molecular complexity index is 1120. The number of nitrogens with one attached hydrogen (secondary N) is 3. The largest absolute Gasteiger partial charge is 0.352 e. The number of nitrogens with two attached hydrogens (primary N) is 1. The molecule has 0 aliphatic carbocycles. The Morgan fingerprint density at radius 3 is 2.12 bits per heavy atom. The molecule has 0 spiro atoms. The molecule has 0 saturated carbocycles. The fourth-order valence-electron chi connectivity index (χ4n) is 3.12. The number of carbonyl (C=O) groups excluding carboxylic acids is 3. The molecule has 2 unspecified atom stereocenters. The van der Waals surface area contributed by atoms with Crippen molar-refractivity contribution in [2.75, 3.05) is 7.05 Å². The summed E-state index contributed by atoms with van der Waals surface area (Å²) in [6.45, 7) is 5.63. The van der Waals surface area contributed by atoms with Crippen LogP contribution in [0.25, 0.3) is 0 Å². The van der Waals surface area contributed by atoms with E-state index in [0.717, 1.165) is 5.56 Å². The van der Waals surface area contributed by atoms with Gasteiger partial charge in [-0.2, -0.15) is 4.31 Å². The van der Waals surface area contributed by atoms with Gasteiger partial charge in [0.2, 0.25) is 10.0 Å². The van der Waals surface area contributed by atoms with Crippen LogP contribution in [-0.4, -0.2) is 43.7 Å². The molecule has 2 aromatic carbocycles. The summed E-state index contributed by atoms with van der Waals surface area (Å²) in [5.74, 6) is -1.36. The number of benzene rings is 2. The fraction of sp³-hybridized carbons (Fsp3) is 0.348. The average molecular weight is 490 g/mol. The molecule has 0 bridgehead atoms. The zero-order chi connectivity index (χ0) is 25.5. The van der Waals surface area contributed by atoms with Crippen molar-refractivity contribution in [3.8, 4) is 0 Å². The molecule has 184 valence electrons. The number of carbonyl (C=O) groups is 3. The summed E-state index contributed by atoms with van der Waals surface area (Å²) < 4.78 is 26.7. The van der Waals surface area contributed by atoms with Crippen LogP contribution >= 0.6 is 0 Å². The van der Waals surface area contributed by atoms with Crippen LogP contribution in [0.3, 0.4) is 0 Å². The molecule has 0 fully saturated rings. The summed E-state index contributed by atoms with van der Waals surface area (Å²) in [6, 6.07) is 11.2. The molecular weight excluding hydrogens is 458 g/mol. The van der Waals surface area contributed by atoms with Gasteiger partial charge in [-0.1, -0.05) is 50.1 Å². The van der Waals surface area contributed by atoms with E-state index < -0.39 is 33.9 Å². The number of sulfonamides is 1. The zero-order valence-corrected chi connectivity index (χ0v) is 20.5. The van der Waals surface area contributed by atoms with Gasteiger partial charge < -0.3 is 11.1 Å². The number of hydrazine groups is 1. The predicted molar refractivity (Wildman–Crippen MR) is 128 cm³/mol. The Morgan fingerprint density at radius 2 is 1.59 bits per heavy atom. The second kappa shape index (κ2) is 11.6. The number of amides is 4. The van der Waals surface area contributed by atoms with E-state index in [4.69, 9.17) is 5.73 Å². The van der Waals surface area contributed by atoms with Crippen molar-refractivity contribution in [2.45, 2.75) is 44.7 Å². The first-order chi connectivity index (χ1) is 15.9. The van der Waals surface area contributed by atoms with Gasteiger partial charge in [-0.25, -0.2) is 13.2 Å². The van der Waals surface area contributed by atoms with E-state index in [1.165, 1.54) is 23.5 Å². The third-order valence-corrected chi connectivity index (χ3v) is 7.26. The lowest BCUT2D eigenvalue weighted by atomic mass is 9.99. The van der Waals surface area contributed by atoms with Crippen molar-refractivity contribution in [3.05, 3.63) is 65.2 Å². The highest BCUT2D eigenvalue weighted by Gasteiger charge is 2.25. The number of rotatable bonds is 9. The number of urea groups is 1. The lowest BCUT2D eigenvalue weighted by molar-refractivity contribution is -0.124. The van der Waals surface area contributed by atoms with Crippen LogP contribution in [0.5, 0.6) is 0 Å². The van der Waals surface area contributed by atoms with E-state index in [1.807, 2.05) is 13.8 Å². The quantitative estimate of drug-likeness (QED) is 0.395. The second-order valence-corrected chi connectivity index (χ2v) is 10.1. The maximum absolute atomic E-state index is 12.8. The molecule has 0 radical (unpaired) electrons. The third-order valence-electron chi connectivity index (χ3n) is 5.44. The van der Waals surface area contributed by atoms with E-state index in [-0.39, 0.29) is 22.9 Å². The van der Waals surface area contributed by atoms with Gasteiger partial charge in [-0.3, -0.25) is 20.4 Å². The zero-order valence-electron chi connectivity index (χ0n) is 19.7. The summed E-state index contributed by atoms with van der Waals surface area (Å²) >= 11 is 0. The van der Waals surface area contributed by atoms with Crippen molar-refractivity contribution < 1.29 is 22.8 Å². The van der Waals surface area contributed by atoms with E-state index >= 15 is 0 Å². The summed E-state index contributed by atoms with van der Waals surface area (Å²) in [6.07, 6.45) is 0.613. The highest BCUT2D eigenvalue weighted by molar-refractivity contribution is 7.89. The molecule has 34 heavy (non-hydrogen) atoms. The number of primary amides is 1. The first-order valence-electron chi connectivity index (χ1n) is 10.7. The topological polar surface area (TPSA) is 151 Å². The number of aryl methyl sites for hydroxylation is 1. The maximum Gasteiger partial charge on any atom is 0.312 e. The van der Waals surface area contributed by atoms with Gasteiger partial charge in [0.15, 0.2) is 0 Å². The summed E-state index contributed by atoms with van der Waals surface area (Å²) in [5.41, 5.74) is 11.6. The molecule has 0 aromatic heterocycles. The molecule has 0 saturated heterocycles. The van der Waals surface area contributed by atoms with Crippen LogP contribution in [-0.2, 0) is 21.4 Å². The van der Waals surface area contributed by atoms with Gasteiger partial charge in [0.1, 0.15) is 6.04 Å². The molecule has 0 aliphatic heterocycles. The molecule has 4 amide bonds. The molecule has 2 atom stereocenters. The summed E-state index contributed by atoms with van der Waals surface area (Å²) in [7, 11) is -2.17. The number of nitrogens with zero attached hydrogens (tertiary/aromatic N) is 1. The van der Waals surface area contributed by atoms with E-state index in [0.29, 0.717) is 12.0 Å².